The molecule has 1 fully saturated rings. The largest absolute Gasteiger partial charge is 0.390 e. The number of aliphatic hydroxyl groups is 1. The van der Waals surface area contributed by atoms with E-state index in [1.807, 2.05) is 17.0 Å². The number of piperidine rings is 1. The number of nitrogens with one attached hydrogen (secondary N) is 1. The molecule has 2 aromatic carbocycles. The van der Waals surface area contributed by atoms with Crippen LogP contribution in [-0.2, 0) is 24.2 Å². The Bertz CT molecular complexity index is 1090. The number of carbonyl (C=O) groups is 2. The summed E-state index contributed by atoms with van der Waals surface area (Å²) in [6.07, 6.45) is 3.26. The van der Waals surface area contributed by atoms with Crippen molar-refractivity contribution in [3.63, 3.8) is 0 Å². The van der Waals surface area contributed by atoms with Gasteiger partial charge in [-0.1, -0.05) is 24.3 Å². The first-order valence-electron chi connectivity index (χ1n) is 12.9. The third-order valence-corrected chi connectivity index (χ3v) is 7.62. The number of fused-ring (bicyclic) bond motifs is 2. The van der Waals surface area contributed by atoms with Crippen LogP contribution in [0.2, 0.25) is 0 Å². The lowest BCUT2D eigenvalue weighted by Gasteiger charge is -2.34. The first-order valence-corrected chi connectivity index (χ1v) is 12.9. The molecule has 0 aliphatic carbocycles. The molecule has 35 heavy (non-hydrogen) atoms. The van der Waals surface area contributed by atoms with Gasteiger partial charge in [-0.05, 0) is 60.6 Å². The summed E-state index contributed by atoms with van der Waals surface area (Å²) >= 11 is 0. The summed E-state index contributed by atoms with van der Waals surface area (Å²) in [5, 5.41) is 14.3. The molecule has 2 aromatic rings. The van der Waals surface area contributed by atoms with Crippen molar-refractivity contribution in [1.29, 1.82) is 0 Å². The number of β-amino-alcohol motifs (C(OH)–C–C–N with tert-alkyl or cyclic N) is 1. The molecule has 2 unspecified atom stereocenters. The van der Waals surface area contributed by atoms with E-state index in [1.165, 1.54) is 11.1 Å². The second-order valence-corrected chi connectivity index (χ2v) is 10.2. The van der Waals surface area contributed by atoms with Gasteiger partial charge in [0.2, 0.25) is 5.91 Å². The molecule has 2 N–H and O–H groups in total. The Balaban J connectivity index is 1.16. The number of hydrogen-bond donors (Lipinski definition) is 2. The Morgan fingerprint density at radius 2 is 1.86 bits per heavy atom. The van der Waals surface area contributed by atoms with Gasteiger partial charge in [0, 0.05) is 70.0 Å². The van der Waals surface area contributed by atoms with Gasteiger partial charge in [0.25, 0.3) is 5.91 Å². The molecule has 3 heterocycles. The average Bonchev–Trinajstić information content (AvgIpc) is 2.86. The Morgan fingerprint density at radius 3 is 2.69 bits per heavy atom. The minimum absolute atomic E-state index is 0.00117. The molecule has 0 radical (unpaired) electrons. The van der Waals surface area contributed by atoms with Gasteiger partial charge in [-0.3, -0.25) is 14.5 Å². The molecule has 0 bridgehead atoms. The Kier molecular flexibility index (Phi) is 7.07. The zero-order valence-electron chi connectivity index (χ0n) is 20.6. The molecule has 0 aromatic heterocycles. The first kappa shape index (κ1) is 23.8. The minimum Gasteiger partial charge on any atom is -0.390 e. The van der Waals surface area contributed by atoms with Gasteiger partial charge < -0.3 is 20.2 Å². The maximum atomic E-state index is 13.2. The van der Waals surface area contributed by atoms with Gasteiger partial charge in [0.05, 0.1) is 6.10 Å². The van der Waals surface area contributed by atoms with Gasteiger partial charge in [0.1, 0.15) is 0 Å². The van der Waals surface area contributed by atoms with Crippen LogP contribution in [0.3, 0.4) is 0 Å². The molecular formula is C28H36N4O3. The third kappa shape index (κ3) is 5.52. The van der Waals surface area contributed by atoms with Gasteiger partial charge >= 0.3 is 0 Å². The molecule has 7 nitrogen and oxygen atoms in total. The van der Waals surface area contributed by atoms with Crippen LogP contribution in [0.1, 0.15) is 46.8 Å². The Hall–Kier alpha value is -2.90. The van der Waals surface area contributed by atoms with Crippen LogP contribution in [0, 0.1) is 0 Å². The SMILES string of the molecule is CC(=O)N1CCCC(Nc2ccc3c(c2)CCN(CC(O)CN2CCc4ccccc4C2)C3=O)C1. The summed E-state index contributed by atoms with van der Waals surface area (Å²) in [7, 11) is 0. The van der Waals surface area contributed by atoms with Crippen LogP contribution in [0.15, 0.2) is 42.5 Å². The Labute approximate surface area is 207 Å². The molecule has 5 rings (SSSR count). The number of hydrogen-bond acceptors (Lipinski definition) is 5. The van der Waals surface area contributed by atoms with Crippen LogP contribution in [-0.4, -0.2) is 83.0 Å². The lowest BCUT2D eigenvalue weighted by Crippen LogP contribution is -2.46. The predicted molar refractivity (Wildman–Crippen MR) is 136 cm³/mol. The summed E-state index contributed by atoms with van der Waals surface area (Å²) < 4.78 is 0. The fourth-order valence-corrected chi connectivity index (χ4v) is 5.74. The van der Waals surface area contributed by atoms with E-state index in [4.69, 9.17) is 0 Å². The van der Waals surface area contributed by atoms with Crippen molar-refractivity contribution in [2.75, 3.05) is 44.6 Å². The first-order chi connectivity index (χ1) is 17.0. The lowest BCUT2D eigenvalue weighted by atomic mass is 9.97. The normalized spacial score (nSPS) is 21.3. The van der Waals surface area contributed by atoms with Crippen molar-refractivity contribution < 1.29 is 14.7 Å². The second kappa shape index (κ2) is 10.4. The average molecular weight is 477 g/mol. The topological polar surface area (TPSA) is 76.1 Å². The fourth-order valence-electron chi connectivity index (χ4n) is 5.74. The van der Waals surface area contributed by atoms with E-state index < -0.39 is 6.10 Å². The maximum Gasteiger partial charge on any atom is 0.254 e. The number of benzene rings is 2. The van der Waals surface area contributed by atoms with Gasteiger partial charge in [-0.25, -0.2) is 0 Å². The van der Waals surface area contributed by atoms with E-state index in [2.05, 4.69) is 40.5 Å². The molecule has 0 spiro atoms. The molecular weight excluding hydrogens is 440 g/mol. The monoisotopic (exact) mass is 476 g/mol. The van der Waals surface area contributed by atoms with Crippen molar-refractivity contribution in [3.8, 4) is 0 Å². The van der Waals surface area contributed by atoms with Crippen LogP contribution in [0.4, 0.5) is 5.69 Å². The number of amides is 2. The van der Waals surface area contributed by atoms with E-state index >= 15 is 0 Å². The highest BCUT2D eigenvalue weighted by atomic mass is 16.3. The van der Waals surface area contributed by atoms with E-state index in [9.17, 15) is 14.7 Å². The number of likely N-dealkylation sites (tertiary alicyclic amines) is 1. The summed E-state index contributed by atoms with van der Waals surface area (Å²) in [4.78, 5) is 30.9. The van der Waals surface area contributed by atoms with Crippen molar-refractivity contribution in [2.45, 2.75) is 51.3 Å². The zero-order valence-corrected chi connectivity index (χ0v) is 20.6. The van der Waals surface area contributed by atoms with Crippen LogP contribution in [0.25, 0.3) is 0 Å². The minimum atomic E-state index is -0.567. The number of carbonyl (C=O) groups excluding carboxylic acids is 2. The van der Waals surface area contributed by atoms with Crippen molar-refractivity contribution in [3.05, 3.63) is 64.7 Å². The fraction of sp³-hybridized carbons (Fsp3) is 0.500. The summed E-state index contributed by atoms with van der Waals surface area (Å²) in [6.45, 7) is 6.53. The molecule has 2 atom stereocenters. The summed E-state index contributed by atoms with van der Waals surface area (Å²) in [5.41, 5.74) is 5.52. The van der Waals surface area contributed by atoms with Gasteiger partial charge in [-0.15, -0.1) is 0 Å². The Morgan fingerprint density at radius 1 is 1.06 bits per heavy atom. The third-order valence-electron chi connectivity index (χ3n) is 7.62. The molecule has 0 saturated carbocycles. The van der Waals surface area contributed by atoms with E-state index in [0.717, 1.165) is 68.7 Å². The molecule has 186 valence electrons. The van der Waals surface area contributed by atoms with Crippen LogP contribution < -0.4 is 5.32 Å². The molecule has 7 heteroatoms. The molecule has 3 aliphatic heterocycles. The molecule has 1 saturated heterocycles. The van der Waals surface area contributed by atoms with E-state index in [0.29, 0.717) is 19.6 Å². The molecule has 3 aliphatic rings. The summed E-state index contributed by atoms with van der Waals surface area (Å²) in [5.74, 6) is 0.126. The highest BCUT2D eigenvalue weighted by Crippen LogP contribution is 2.25. The smallest absolute Gasteiger partial charge is 0.254 e. The van der Waals surface area contributed by atoms with Crippen molar-refractivity contribution >= 4 is 17.5 Å². The predicted octanol–water partition coefficient (Wildman–Crippen LogP) is 2.53. The van der Waals surface area contributed by atoms with Crippen molar-refractivity contribution in [2.24, 2.45) is 0 Å². The number of aliphatic hydroxyl groups excluding tert-OH is 1. The lowest BCUT2D eigenvalue weighted by molar-refractivity contribution is -0.129. The zero-order chi connectivity index (χ0) is 24.4. The van der Waals surface area contributed by atoms with E-state index in [1.54, 1.807) is 11.8 Å². The number of anilines is 1. The van der Waals surface area contributed by atoms with E-state index in [-0.39, 0.29) is 17.9 Å². The van der Waals surface area contributed by atoms with Crippen molar-refractivity contribution in [1.82, 2.24) is 14.7 Å². The van der Waals surface area contributed by atoms with Crippen LogP contribution >= 0.6 is 0 Å². The van der Waals surface area contributed by atoms with Gasteiger partial charge in [-0.2, -0.15) is 0 Å². The highest BCUT2D eigenvalue weighted by Gasteiger charge is 2.28. The number of rotatable bonds is 6. The van der Waals surface area contributed by atoms with Crippen LogP contribution in [0.5, 0.6) is 0 Å². The van der Waals surface area contributed by atoms with Gasteiger partial charge in [0.15, 0.2) is 0 Å². The highest BCUT2D eigenvalue weighted by molar-refractivity contribution is 5.97. The summed E-state index contributed by atoms with van der Waals surface area (Å²) in [6, 6.07) is 14.7. The number of nitrogens with zero attached hydrogens (tertiary/aromatic N) is 3. The quantitative estimate of drug-likeness (QED) is 0.670. The maximum absolute atomic E-state index is 13.2. The molecule has 2 amide bonds. The second-order valence-electron chi connectivity index (χ2n) is 10.2. The standard InChI is InChI=1S/C28H36N4O3/c1-20(33)31-12-4-7-25(17-31)29-24-8-9-27-22(15-24)11-14-32(28(27)35)19-26(34)18-30-13-10-21-5-2-3-6-23(21)16-30/h2-3,5-6,8-9,15,25-26,29,34H,4,7,10-14,16-19H2,1H3.